The smallest absolute Gasteiger partial charge is 0.122 e. The van der Waals surface area contributed by atoms with Crippen LogP contribution in [0.3, 0.4) is 0 Å². The summed E-state index contributed by atoms with van der Waals surface area (Å²) in [4.78, 5) is 2.03. The zero-order chi connectivity index (χ0) is 13.7. The van der Waals surface area contributed by atoms with Crippen LogP contribution < -0.4 is 10.2 Å². The first-order valence-electron chi connectivity index (χ1n) is 6.35. The van der Waals surface area contributed by atoms with Gasteiger partial charge in [-0.15, -0.1) is 0 Å². The number of anilines is 1. The van der Waals surface area contributed by atoms with Gasteiger partial charge in [0.25, 0.3) is 0 Å². The Labute approximate surface area is 109 Å². The van der Waals surface area contributed by atoms with Gasteiger partial charge in [0, 0.05) is 37.0 Å². The van der Waals surface area contributed by atoms with Gasteiger partial charge >= 0.3 is 0 Å². The molecular weight excluding hydrogens is 228 g/mol. The van der Waals surface area contributed by atoms with E-state index in [2.05, 4.69) is 5.32 Å². The normalized spacial score (nSPS) is 14.3. The highest BCUT2D eigenvalue weighted by molar-refractivity contribution is 5.53. The molecule has 2 atom stereocenters. The lowest BCUT2D eigenvalue weighted by Gasteiger charge is -2.22. The van der Waals surface area contributed by atoms with Crippen molar-refractivity contribution in [2.45, 2.75) is 32.4 Å². The Bertz CT molecular complexity index is 380. The van der Waals surface area contributed by atoms with Crippen LogP contribution in [0.5, 0.6) is 5.75 Å². The number of benzene rings is 1. The molecule has 2 unspecified atom stereocenters. The number of hydrogen-bond acceptors (Lipinski definition) is 4. The number of aliphatic hydroxyl groups excluding tert-OH is 1. The zero-order valence-corrected chi connectivity index (χ0v) is 11.6. The minimum absolute atomic E-state index is 0.127. The van der Waals surface area contributed by atoms with Gasteiger partial charge in [0.2, 0.25) is 0 Å². The van der Waals surface area contributed by atoms with E-state index >= 15 is 0 Å². The summed E-state index contributed by atoms with van der Waals surface area (Å²) in [5.41, 5.74) is 1.85. The number of hydrogen-bond donors (Lipinski definition) is 3. The number of nitrogens with one attached hydrogen (secondary N) is 1. The third-order valence-electron chi connectivity index (χ3n) is 3.24. The Morgan fingerprint density at radius 3 is 2.50 bits per heavy atom. The highest BCUT2D eigenvalue weighted by Gasteiger charge is 2.10. The van der Waals surface area contributed by atoms with E-state index in [4.69, 9.17) is 0 Å². The van der Waals surface area contributed by atoms with Gasteiger partial charge in [-0.2, -0.15) is 0 Å². The number of phenolic OH excluding ortho intramolecular Hbond substituents is 1. The van der Waals surface area contributed by atoms with E-state index in [-0.39, 0.29) is 12.1 Å². The highest BCUT2D eigenvalue weighted by atomic mass is 16.3. The molecule has 4 nitrogen and oxygen atoms in total. The second-order valence-corrected chi connectivity index (χ2v) is 4.81. The van der Waals surface area contributed by atoms with Crippen LogP contribution in [0.2, 0.25) is 0 Å². The maximum Gasteiger partial charge on any atom is 0.122 e. The highest BCUT2D eigenvalue weighted by Crippen LogP contribution is 2.28. The Morgan fingerprint density at radius 1 is 1.33 bits per heavy atom. The molecule has 0 aromatic heterocycles. The molecule has 0 aliphatic heterocycles. The molecule has 0 amide bonds. The van der Waals surface area contributed by atoms with Crippen LogP contribution in [0.1, 0.15) is 31.9 Å². The molecule has 0 aliphatic rings. The number of rotatable bonds is 6. The van der Waals surface area contributed by atoms with Crippen molar-refractivity contribution in [2.75, 3.05) is 25.5 Å². The molecule has 4 heteroatoms. The molecule has 0 spiro atoms. The fourth-order valence-electron chi connectivity index (χ4n) is 1.80. The predicted molar refractivity (Wildman–Crippen MR) is 75.1 cm³/mol. The molecule has 0 aliphatic carbocycles. The van der Waals surface area contributed by atoms with Crippen LogP contribution in [-0.4, -0.2) is 37.0 Å². The van der Waals surface area contributed by atoms with E-state index in [0.29, 0.717) is 12.2 Å². The molecule has 1 aromatic carbocycles. The zero-order valence-electron chi connectivity index (χ0n) is 11.6. The lowest BCUT2D eigenvalue weighted by Crippen LogP contribution is -2.22. The molecule has 0 fully saturated rings. The number of aliphatic hydroxyl groups is 1. The Balaban J connectivity index is 2.77. The van der Waals surface area contributed by atoms with Gasteiger partial charge in [0.1, 0.15) is 5.75 Å². The first kappa shape index (κ1) is 14.8. The third-order valence-corrected chi connectivity index (χ3v) is 3.24. The minimum atomic E-state index is -0.301. The summed E-state index contributed by atoms with van der Waals surface area (Å²) in [6.45, 7) is 4.55. The minimum Gasteiger partial charge on any atom is -0.508 e. The third kappa shape index (κ3) is 3.89. The van der Waals surface area contributed by atoms with Crippen LogP contribution in [0, 0.1) is 0 Å². The standard InChI is InChI=1S/C14H24N2O2/c1-10(17)7-8-16(4)12-5-6-13(11(2)15-3)14(18)9-12/h5-6,9-11,15,17-18H,7-8H2,1-4H3. The summed E-state index contributed by atoms with van der Waals surface area (Å²) >= 11 is 0. The van der Waals surface area contributed by atoms with Gasteiger partial charge in [-0.3, -0.25) is 0 Å². The van der Waals surface area contributed by atoms with Crippen molar-refractivity contribution in [1.29, 1.82) is 0 Å². The average molecular weight is 252 g/mol. The average Bonchev–Trinajstić information content (AvgIpc) is 2.34. The van der Waals surface area contributed by atoms with Crippen molar-refractivity contribution < 1.29 is 10.2 Å². The van der Waals surface area contributed by atoms with E-state index in [1.165, 1.54) is 0 Å². The van der Waals surface area contributed by atoms with Crippen molar-refractivity contribution in [3.05, 3.63) is 23.8 Å². The molecule has 102 valence electrons. The molecule has 0 heterocycles. The summed E-state index contributed by atoms with van der Waals surface area (Å²) in [6, 6.07) is 5.82. The van der Waals surface area contributed by atoms with Gasteiger partial charge in [-0.1, -0.05) is 6.07 Å². The topological polar surface area (TPSA) is 55.7 Å². The second kappa shape index (κ2) is 6.61. The first-order chi connectivity index (χ1) is 8.45. The summed E-state index contributed by atoms with van der Waals surface area (Å²) < 4.78 is 0. The van der Waals surface area contributed by atoms with Crippen LogP contribution in [-0.2, 0) is 0 Å². The van der Waals surface area contributed by atoms with Gasteiger partial charge in [-0.05, 0) is 33.4 Å². The summed E-state index contributed by atoms with van der Waals surface area (Å²) in [5.74, 6) is 0.304. The van der Waals surface area contributed by atoms with Gasteiger partial charge in [-0.25, -0.2) is 0 Å². The quantitative estimate of drug-likeness (QED) is 0.723. The fraction of sp³-hybridized carbons (Fsp3) is 0.571. The van der Waals surface area contributed by atoms with Crippen LogP contribution >= 0.6 is 0 Å². The van der Waals surface area contributed by atoms with E-state index in [1.807, 2.05) is 38.1 Å². The van der Waals surface area contributed by atoms with Crippen LogP contribution in [0.25, 0.3) is 0 Å². The molecule has 0 saturated heterocycles. The molecule has 0 saturated carbocycles. The van der Waals surface area contributed by atoms with E-state index in [1.54, 1.807) is 13.0 Å². The van der Waals surface area contributed by atoms with Crippen molar-refractivity contribution >= 4 is 5.69 Å². The van der Waals surface area contributed by atoms with Crippen LogP contribution in [0.15, 0.2) is 18.2 Å². The Hall–Kier alpha value is -1.26. The number of aromatic hydroxyl groups is 1. The van der Waals surface area contributed by atoms with Crippen molar-refractivity contribution in [3.63, 3.8) is 0 Å². The van der Waals surface area contributed by atoms with E-state index in [9.17, 15) is 10.2 Å². The summed E-state index contributed by atoms with van der Waals surface area (Å²) in [5, 5.41) is 22.4. The lowest BCUT2D eigenvalue weighted by atomic mass is 10.1. The molecular formula is C14H24N2O2. The summed E-state index contributed by atoms with van der Waals surface area (Å²) in [6.07, 6.45) is 0.413. The monoisotopic (exact) mass is 252 g/mol. The fourth-order valence-corrected chi connectivity index (χ4v) is 1.80. The lowest BCUT2D eigenvalue weighted by molar-refractivity contribution is 0.187. The maximum atomic E-state index is 10.0. The van der Waals surface area contributed by atoms with Crippen molar-refractivity contribution in [1.82, 2.24) is 5.32 Å². The van der Waals surface area contributed by atoms with Gasteiger partial charge < -0.3 is 20.4 Å². The molecule has 18 heavy (non-hydrogen) atoms. The molecule has 1 aromatic rings. The predicted octanol–water partition coefficient (Wildman–Crippen LogP) is 1.88. The van der Waals surface area contributed by atoms with Crippen LogP contribution in [0.4, 0.5) is 5.69 Å². The van der Waals surface area contributed by atoms with Gasteiger partial charge in [0.05, 0.1) is 6.10 Å². The molecule has 0 radical (unpaired) electrons. The van der Waals surface area contributed by atoms with Crippen molar-refractivity contribution in [2.24, 2.45) is 0 Å². The number of phenols is 1. The molecule has 0 bridgehead atoms. The first-order valence-corrected chi connectivity index (χ1v) is 6.35. The maximum absolute atomic E-state index is 10.0. The Morgan fingerprint density at radius 2 is 2.00 bits per heavy atom. The Kier molecular flexibility index (Phi) is 5.44. The van der Waals surface area contributed by atoms with E-state index in [0.717, 1.165) is 17.8 Å². The second-order valence-electron chi connectivity index (χ2n) is 4.81. The van der Waals surface area contributed by atoms with Gasteiger partial charge in [0.15, 0.2) is 0 Å². The largest absolute Gasteiger partial charge is 0.508 e. The molecule has 1 rings (SSSR count). The number of nitrogens with zero attached hydrogens (tertiary/aromatic N) is 1. The molecule has 3 N–H and O–H groups in total. The van der Waals surface area contributed by atoms with E-state index < -0.39 is 0 Å². The van der Waals surface area contributed by atoms with Crippen molar-refractivity contribution in [3.8, 4) is 5.75 Å². The summed E-state index contributed by atoms with van der Waals surface area (Å²) in [7, 11) is 3.82. The SMILES string of the molecule is CNC(C)c1ccc(N(C)CCC(C)O)cc1O.